The largest absolute Gasteiger partial charge is 0.507 e. The van der Waals surface area contributed by atoms with E-state index in [9.17, 15) is 14.1 Å². The Bertz CT molecular complexity index is 659. The highest BCUT2D eigenvalue weighted by Gasteiger charge is 2.14. The molecule has 0 fully saturated rings. The molecule has 1 aromatic heterocycles. The fourth-order valence-corrected chi connectivity index (χ4v) is 2.63. The molecule has 9 heteroatoms. The standard InChI is InChI=1S/C10H7ClN2O4S2/c11-5-1-2-7(14)6(3-5)9(15)13-10-12-4-8(18-10)19(16)17/h1-4,14H,(H,16,17)(H,12,13,15). The summed E-state index contributed by atoms with van der Waals surface area (Å²) in [6, 6.07) is 4.06. The van der Waals surface area contributed by atoms with Gasteiger partial charge in [-0.05, 0) is 18.2 Å². The lowest BCUT2D eigenvalue weighted by Crippen LogP contribution is -2.11. The molecule has 1 unspecified atom stereocenters. The predicted molar refractivity (Wildman–Crippen MR) is 72.2 cm³/mol. The third-order valence-electron chi connectivity index (χ3n) is 2.08. The number of halogens is 1. The normalized spacial score (nSPS) is 12.1. The van der Waals surface area contributed by atoms with E-state index in [2.05, 4.69) is 10.3 Å². The van der Waals surface area contributed by atoms with Crippen molar-refractivity contribution in [2.24, 2.45) is 0 Å². The highest BCUT2D eigenvalue weighted by molar-refractivity contribution is 7.81. The van der Waals surface area contributed by atoms with Crippen LogP contribution in [0, 0.1) is 0 Å². The van der Waals surface area contributed by atoms with Crippen LogP contribution in [-0.4, -0.2) is 24.8 Å². The van der Waals surface area contributed by atoms with Crippen LogP contribution >= 0.6 is 22.9 Å². The molecule has 0 aliphatic heterocycles. The van der Waals surface area contributed by atoms with Gasteiger partial charge in [-0.2, -0.15) is 0 Å². The first-order valence-electron chi connectivity index (χ1n) is 4.84. The van der Waals surface area contributed by atoms with E-state index in [4.69, 9.17) is 16.2 Å². The molecule has 0 radical (unpaired) electrons. The number of amides is 1. The van der Waals surface area contributed by atoms with Gasteiger partial charge in [0.05, 0.1) is 11.8 Å². The molecule has 0 aliphatic carbocycles. The van der Waals surface area contributed by atoms with Crippen LogP contribution in [0.1, 0.15) is 10.4 Å². The molecule has 1 atom stereocenters. The van der Waals surface area contributed by atoms with Crippen molar-refractivity contribution in [3.8, 4) is 5.75 Å². The van der Waals surface area contributed by atoms with Crippen LogP contribution in [0.15, 0.2) is 28.6 Å². The van der Waals surface area contributed by atoms with Crippen molar-refractivity contribution < 1.29 is 18.7 Å². The van der Waals surface area contributed by atoms with Crippen LogP contribution in [0.4, 0.5) is 5.13 Å². The van der Waals surface area contributed by atoms with E-state index in [0.29, 0.717) is 5.02 Å². The lowest BCUT2D eigenvalue weighted by molar-refractivity contribution is 0.102. The van der Waals surface area contributed by atoms with E-state index in [1.807, 2.05) is 0 Å². The Labute approximate surface area is 119 Å². The summed E-state index contributed by atoms with van der Waals surface area (Å²) >= 11 is 4.46. The van der Waals surface area contributed by atoms with E-state index >= 15 is 0 Å². The van der Waals surface area contributed by atoms with Gasteiger partial charge in [0.1, 0.15) is 9.96 Å². The fraction of sp³-hybridized carbons (Fsp3) is 0. The molecule has 100 valence electrons. The minimum atomic E-state index is -2.14. The number of carbonyl (C=O) groups excluding carboxylic acids is 1. The highest BCUT2D eigenvalue weighted by atomic mass is 35.5. The summed E-state index contributed by atoms with van der Waals surface area (Å²) in [6.45, 7) is 0. The Balaban J connectivity index is 2.20. The van der Waals surface area contributed by atoms with Gasteiger partial charge in [-0.1, -0.05) is 22.9 Å². The maximum atomic E-state index is 11.9. The van der Waals surface area contributed by atoms with E-state index in [1.54, 1.807) is 0 Å². The number of hydrogen-bond acceptors (Lipinski definition) is 5. The summed E-state index contributed by atoms with van der Waals surface area (Å²) in [4.78, 5) is 15.6. The highest BCUT2D eigenvalue weighted by Crippen LogP contribution is 2.25. The molecule has 3 N–H and O–H groups in total. The maximum absolute atomic E-state index is 11.9. The molecule has 6 nitrogen and oxygen atoms in total. The molecule has 0 aliphatic rings. The number of carbonyl (C=O) groups is 1. The molecule has 0 saturated heterocycles. The number of anilines is 1. The van der Waals surface area contributed by atoms with Gasteiger partial charge >= 0.3 is 0 Å². The second-order valence-electron chi connectivity index (χ2n) is 3.35. The number of hydrogen-bond donors (Lipinski definition) is 3. The van der Waals surface area contributed by atoms with Crippen molar-refractivity contribution in [1.82, 2.24) is 4.98 Å². The Morgan fingerprint density at radius 2 is 2.21 bits per heavy atom. The van der Waals surface area contributed by atoms with Crippen LogP contribution in [0.25, 0.3) is 0 Å². The van der Waals surface area contributed by atoms with Crippen molar-refractivity contribution in [1.29, 1.82) is 0 Å². The summed E-state index contributed by atoms with van der Waals surface area (Å²) in [5.41, 5.74) is -0.00521. The average molecular weight is 319 g/mol. The molecular weight excluding hydrogens is 312 g/mol. The number of aromatic hydroxyl groups is 1. The average Bonchev–Trinajstić information content (AvgIpc) is 2.80. The molecule has 0 bridgehead atoms. The van der Waals surface area contributed by atoms with Crippen LogP contribution in [-0.2, 0) is 11.1 Å². The summed E-state index contributed by atoms with van der Waals surface area (Å²) in [5, 5.41) is 12.4. The second-order valence-corrected chi connectivity index (χ2v) is 6.01. The van der Waals surface area contributed by atoms with E-state index in [1.165, 1.54) is 24.4 Å². The zero-order valence-corrected chi connectivity index (χ0v) is 11.6. The monoisotopic (exact) mass is 318 g/mol. The topological polar surface area (TPSA) is 99.5 Å². The predicted octanol–water partition coefficient (Wildman–Crippen LogP) is 2.34. The van der Waals surface area contributed by atoms with Gasteiger partial charge in [0.15, 0.2) is 16.2 Å². The van der Waals surface area contributed by atoms with Crippen LogP contribution in [0.3, 0.4) is 0 Å². The van der Waals surface area contributed by atoms with Crippen LogP contribution in [0.5, 0.6) is 5.75 Å². The number of aromatic nitrogens is 1. The molecule has 2 rings (SSSR count). The number of phenols is 1. The third kappa shape index (κ3) is 3.29. The van der Waals surface area contributed by atoms with Gasteiger partial charge in [0.25, 0.3) is 5.91 Å². The van der Waals surface area contributed by atoms with Crippen molar-refractivity contribution in [2.75, 3.05) is 5.32 Å². The number of nitrogens with one attached hydrogen (secondary N) is 1. The molecule has 19 heavy (non-hydrogen) atoms. The summed E-state index contributed by atoms with van der Waals surface area (Å²) < 4.78 is 19.7. The van der Waals surface area contributed by atoms with Gasteiger partial charge in [0, 0.05) is 5.02 Å². The van der Waals surface area contributed by atoms with Crippen molar-refractivity contribution >= 4 is 45.1 Å². The van der Waals surface area contributed by atoms with Crippen molar-refractivity contribution in [2.45, 2.75) is 4.21 Å². The van der Waals surface area contributed by atoms with Crippen LogP contribution < -0.4 is 5.32 Å². The number of thiazole rings is 1. The third-order valence-corrected chi connectivity index (χ3v) is 4.15. The molecule has 1 amide bonds. The minimum absolute atomic E-state index is 0.00521. The smallest absolute Gasteiger partial charge is 0.261 e. The first-order valence-corrected chi connectivity index (χ1v) is 7.14. The van der Waals surface area contributed by atoms with E-state index < -0.39 is 17.0 Å². The Hall–Kier alpha value is -1.48. The number of rotatable bonds is 3. The first-order chi connectivity index (χ1) is 8.97. The van der Waals surface area contributed by atoms with Gasteiger partial charge in [-0.25, -0.2) is 9.19 Å². The zero-order chi connectivity index (χ0) is 14.0. The molecule has 0 spiro atoms. The van der Waals surface area contributed by atoms with Gasteiger partial charge < -0.3 is 9.66 Å². The van der Waals surface area contributed by atoms with Crippen LogP contribution in [0.2, 0.25) is 5.02 Å². The number of nitrogens with zero attached hydrogens (tertiary/aromatic N) is 1. The van der Waals surface area contributed by atoms with Gasteiger partial charge in [-0.3, -0.25) is 10.1 Å². The van der Waals surface area contributed by atoms with Crippen molar-refractivity contribution in [3.05, 3.63) is 35.0 Å². The molecule has 1 heterocycles. The Morgan fingerprint density at radius 1 is 1.47 bits per heavy atom. The number of phenolic OH excluding ortho intramolecular Hbond substituents is 1. The molecular formula is C10H7ClN2O4S2. The molecule has 0 saturated carbocycles. The summed E-state index contributed by atoms with van der Waals surface area (Å²) in [5.74, 6) is -0.825. The van der Waals surface area contributed by atoms with Gasteiger partial charge in [0.2, 0.25) is 0 Å². The van der Waals surface area contributed by atoms with Crippen molar-refractivity contribution in [3.63, 3.8) is 0 Å². The van der Waals surface area contributed by atoms with E-state index in [-0.39, 0.29) is 20.7 Å². The number of benzene rings is 1. The second kappa shape index (κ2) is 5.66. The molecule has 1 aromatic carbocycles. The SMILES string of the molecule is O=C(Nc1ncc(S(=O)O)s1)c1cc(Cl)ccc1O. The lowest BCUT2D eigenvalue weighted by Gasteiger charge is -2.04. The fourth-order valence-electron chi connectivity index (χ4n) is 1.25. The Morgan fingerprint density at radius 3 is 2.84 bits per heavy atom. The lowest BCUT2D eigenvalue weighted by atomic mass is 10.2. The zero-order valence-electron chi connectivity index (χ0n) is 9.16. The minimum Gasteiger partial charge on any atom is -0.507 e. The maximum Gasteiger partial charge on any atom is 0.261 e. The Kier molecular flexibility index (Phi) is 4.15. The first kappa shape index (κ1) is 13.9. The van der Waals surface area contributed by atoms with E-state index in [0.717, 1.165) is 11.3 Å². The summed E-state index contributed by atoms with van der Waals surface area (Å²) in [6.07, 6.45) is 1.19. The summed E-state index contributed by atoms with van der Waals surface area (Å²) in [7, 11) is 0. The van der Waals surface area contributed by atoms with Gasteiger partial charge in [-0.15, -0.1) is 0 Å². The molecule has 2 aromatic rings. The quantitative estimate of drug-likeness (QED) is 0.754.